The number of likely N-dealkylation sites (N-methyl/N-ethyl adjacent to an activating group) is 1. The predicted molar refractivity (Wildman–Crippen MR) is 107 cm³/mol. The quantitative estimate of drug-likeness (QED) is 0.749. The van der Waals surface area contributed by atoms with Gasteiger partial charge in [0.15, 0.2) is 0 Å². The summed E-state index contributed by atoms with van der Waals surface area (Å²) in [5, 5.41) is 7.12. The van der Waals surface area contributed by atoms with Crippen molar-refractivity contribution >= 4 is 11.9 Å². The van der Waals surface area contributed by atoms with Gasteiger partial charge in [0.1, 0.15) is 5.75 Å². The number of carboxylic acids is 1. The van der Waals surface area contributed by atoms with E-state index in [2.05, 4.69) is 16.7 Å². The van der Waals surface area contributed by atoms with Crippen LogP contribution in [0.15, 0.2) is 24.3 Å². The maximum absolute atomic E-state index is 12.9. The van der Waals surface area contributed by atoms with Gasteiger partial charge in [0, 0.05) is 32.7 Å². The first-order chi connectivity index (χ1) is 14.6. The number of carboxylic acid groups (broad SMARTS) is 1. The first kappa shape index (κ1) is 24.9. The molecule has 10 heteroatoms. The third-order valence-electron chi connectivity index (χ3n) is 5.74. The number of fused-ring (bicyclic) bond motifs is 1. The van der Waals surface area contributed by atoms with Crippen LogP contribution in [0.4, 0.5) is 13.2 Å². The number of benzene rings is 1. The van der Waals surface area contributed by atoms with Crippen LogP contribution in [-0.4, -0.2) is 85.5 Å². The summed E-state index contributed by atoms with van der Waals surface area (Å²) in [7, 11) is 3.45. The SMILES string of the molecule is CCN1C[C@@H]2[C@@H](OC)CCN(C(=O)Cc3cccc(OC)c3)[C@@H]2C1.O=C(O)C(F)(F)F. The number of carbonyl (C=O) groups is 2. The molecule has 2 saturated heterocycles. The molecule has 2 fully saturated rings. The van der Waals surface area contributed by atoms with Crippen LogP contribution in [0.1, 0.15) is 18.9 Å². The van der Waals surface area contributed by atoms with E-state index in [4.69, 9.17) is 19.4 Å². The summed E-state index contributed by atoms with van der Waals surface area (Å²) in [4.78, 5) is 26.3. The molecule has 7 nitrogen and oxygen atoms in total. The van der Waals surface area contributed by atoms with Crippen LogP contribution in [-0.2, 0) is 20.7 Å². The number of alkyl halides is 3. The van der Waals surface area contributed by atoms with Crippen molar-refractivity contribution in [3.05, 3.63) is 29.8 Å². The number of rotatable bonds is 5. The standard InChI is InChI=1S/C19H28N2O3.C2HF3O2/c1-4-20-12-16-17(13-20)21(9-8-18(16)24-3)19(22)11-14-6-5-7-15(10-14)23-2;3-2(4,5)1(6)7/h5-7,10,16-18H,4,8-9,11-13H2,1-3H3;(H,6,7)/t16-,17+,18-;/m0./s1. The molecule has 0 unspecified atom stereocenters. The first-order valence-corrected chi connectivity index (χ1v) is 10.1. The molecule has 1 aromatic carbocycles. The Labute approximate surface area is 179 Å². The third-order valence-corrected chi connectivity index (χ3v) is 5.74. The van der Waals surface area contributed by atoms with Gasteiger partial charge in [0.05, 0.1) is 25.7 Å². The normalized spacial score (nSPS) is 23.5. The minimum atomic E-state index is -5.08. The molecule has 0 spiro atoms. The second-order valence-corrected chi connectivity index (χ2v) is 7.56. The second kappa shape index (κ2) is 10.8. The summed E-state index contributed by atoms with van der Waals surface area (Å²) in [6.45, 7) is 6.00. The molecule has 2 heterocycles. The Kier molecular flexibility index (Phi) is 8.69. The van der Waals surface area contributed by atoms with E-state index in [1.54, 1.807) is 14.2 Å². The van der Waals surface area contributed by atoms with Crippen molar-refractivity contribution in [2.45, 2.75) is 38.1 Å². The minimum Gasteiger partial charge on any atom is -0.497 e. The summed E-state index contributed by atoms with van der Waals surface area (Å²) in [5.41, 5.74) is 1.01. The number of ether oxygens (including phenoxy) is 2. The molecule has 31 heavy (non-hydrogen) atoms. The van der Waals surface area contributed by atoms with Crippen LogP contribution in [0.5, 0.6) is 5.75 Å². The second-order valence-electron chi connectivity index (χ2n) is 7.56. The van der Waals surface area contributed by atoms with Crippen molar-refractivity contribution in [2.75, 3.05) is 40.4 Å². The largest absolute Gasteiger partial charge is 0.497 e. The van der Waals surface area contributed by atoms with Gasteiger partial charge in [-0.3, -0.25) is 4.79 Å². The number of nitrogens with zero attached hydrogens (tertiary/aromatic N) is 2. The molecule has 3 atom stereocenters. The lowest BCUT2D eigenvalue weighted by Gasteiger charge is -2.41. The summed E-state index contributed by atoms with van der Waals surface area (Å²) in [5.74, 6) is -1.31. The van der Waals surface area contributed by atoms with E-state index in [-0.39, 0.29) is 18.1 Å². The van der Waals surface area contributed by atoms with E-state index in [1.807, 2.05) is 24.3 Å². The molecule has 0 bridgehead atoms. The van der Waals surface area contributed by atoms with Gasteiger partial charge >= 0.3 is 12.1 Å². The van der Waals surface area contributed by atoms with Crippen LogP contribution in [0.25, 0.3) is 0 Å². The molecule has 0 aromatic heterocycles. The Balaban J connectivity index is 0.000000423. The Hall–Kier alpha value is -2.33. The van der Waals surface area contributed by atoms with Gasteiger partial charge in [-0.15, -0.1) is 0 Å². The number of aliphatic carboxylic acids is 1. The van der Waals surface area contributed by atoms with Gasteiger partial charge in [0.25, 0.3) is 0 Å². The van der Waals surface area contributed by atoms with Gasteiger partial charge in [-0.05, 0) is 30.7 Å². The Bertz CT molecular complexity index is 759. The number of amides is 1. The first-order valence-electron chi connectivity index (χ1n) is 10.1. The highest BCUT2D eigenvalue weighted by Crippen LogP contribution is 2.32. The van der Waals surface area contributed by atoms with Crippen LogP contribution in [0.3, 0.4) is 0 Å². The lowest BCUT2D eigenvalue weighted by molar-refractivity contribution is -0.192. The summed E-state index contributed by atoms with van der Waals surface area (Å²) < 4.78 is 42.7. The molecule has 1 aromatic rings. The van der Waals surface area contributed by atoms with Gasteiger partial charge in [0.2, 0.25) is 5.91 Å². The molecule has 0 aliphatic carbocycles. The highest BCUT2D eigenvalue weighted by Gasteiger charge is 2.45. The molecule has 174 valence electrons. The topological polar surface area (TPSA) is 79.3 Å². The lowest BCUT2D eigenvalue weighted by Crippen LogP contribution is -2.54. The van der Waals surface area contributed by atoms with Crippen LogP contribution < -0.4 is 4.74 Å². The molecule has 3 rings (SSSR count). The molecule has 0 saturated carbocycles. The molecule has 1 amide bonds. The summed E-state index contributed by atoms with van der Waals surface area (Å²) in [6.07, 6.45) is -3.45. The molecule has 1 N–H and O–H groups in total. The van der Waals surface area contributed by atoms with E-state index >= 15 is 0 Å². The number of likely N-dealkylation sites (tertiary alicyclic amines) is 2. The zero-order valence-corrected chi connectivity index (χ0v) is 17.9. The van der Waals surface area contributed by atoms with E-state index in [9.17, 15) is 18.0 Å². The van der Waals surface area contributed by atoms with Gasteiger partial charge in [-0.1, -0.05) is 19.1 Å². The maximum Gasteiger partial charge on any atom is 0.490 e. The number of halogens is 3. The highest BCUT2D eigenvalue weighted by molar-refractivity contribution is 5.79. The van der Waals surface area contributed by atoms with Crippen molar-refractivity contribution in [1.82, 2.24) is 9.80 Å². The van der Waals surface area contributed by atoms with Crippen LogP contribution in [0.2, 0.25) is 0 Å². The maximum atomic E-state index is 12.9. The average molecular weight is 446 g/mol. The molecular formula is C21H29F3N2O5. The lowest BCUT2D eigenvalue weighted by atomic mass is 9.88. The van der Waals surface area contributed by atoms with Crippen LogP contribution in [0, 0.1) is 5.92 Å². The molecule has 0 radical (unpaired) electrons. The van der Waals surface area contributed by atoms with Crippen molar-refractivity contribution in [3.8, 4) is 5.75 Å². The van der Waals surface area contributed by atoms with Crippen molar-refractivity contribution in [1.29, 1.82) is 0 Å². The van der Waals surface area contributed by atoms with Crippen molar-refractivity contribution in [3.63, 3.8) is 0 Å². The zero-order chi connectivity index (χ0) is 23.2. The fourth-order valence-electron chi connectivity index (χ4n) is 4.15. The Morgan fingerprint density at radius 1 is 1.23 bits per heavy atom. The number of piperidine rings is 1. The van der Waals surface area contributed by atoms with Gasteiger partial charge in [-0.25, -0.2) is 4.79 Å². The Morgan fingerprint density at radius 2 is 1.90 bits per heavy atom. The van der Waals surface area contributed by atoms with Gasteiger partial charge in [-0.2, -0.15) is 13.2 Å². The van der Waals surface area contributed by atoms with Gasteiger partial charge < -0.3 is 24.4 Å². The molecule has 2 aliphatic heterocycles. The van der Waals surface area contributed by atoms with Crippen molar-refractivity contribution < 1.29 is 37.3 Å². The fourth-order valence-corrected chi connectivity index (χ4v) is 4.15. The minimum absolute atomic E-state index is 0.214. The molecule has 2 aliphatic rings. The molecular weight excluding hydrogens is 417 g/mol. The number of hydrogen-bond donors (Lipinski definition) is 1. The van der Waals surface area contributed by atoms with E-state index in [1.165, 1.54) is 0 Å². The summed E-state index contributed by atoms with van der Waals surface area (Å²) in [6, 6.07) is 8.07. The van der Waals surface area contributed by atoms with Crippen LogP contribution >= 0.6 is 0 Å². The monoisotopic (exact) mass is 446 g/mol. The number of methoxy groups -OCH3 is 2. The van der Waals surface area contributed by atoms with Crippen molar-refractivity contribution in [2.24, 2.45) is 5.92 Å². The summed E-state index contributed by atoms with van der Waals surface area (Å²) >= 11 is 0. The number of hydrogen-bond acceptors (Lipinski definition) is 5. The highest BCUT2D eigenvalue weighted by atomic mass is 19.4. The smallest absolute Gasteiger partial charge is 0.490 e. The van der Waals surface area contributed by atoms with E-state index in [0.717, 1.165) is 43.9 Å². The predicted octanol–water partition coefficient (Wildman–Crippen LogP) is 2.44. The van der Waals surface area contributed by atoms with E-state index in [0.29, 0.717) is 12.3 Å². The fraction of sp³-hybridized carbons (Fsp3) is 0.619. The Morgan fingerprint density at radius 3 is 2.45 bits per heavy atom. The number of carbonyl (C=O) groups excluding carboxylic acids is 1. The third kappa shape index (κ3) is 6.57. The average Bonchev–Trinajstić information content (AvgIpc) is 3.17. The van der Waals surface area contributed by atoms with E-state index < -0.39 is 12.1 Å². The zero-order valence-electron chi connectivity index (χ0n) is 17.9.